The Morgan fingerprint density at radius 2 is 1.96 bits per heavy atom. The van der Waals surface area contributed by atoms with Crippen molar-refractivity contribution < 1.29 is 9.90 Å². The van der Waals surface area contributed by atoms with Crippen LogP contribution in [0.5, 0.6) is 0 Å². The molecule has 0 spiro atoms. The molecule has 134 valence electrons. The van der Waals surface area contributed by atoms with Gasteiger partial charge in [0.15, 0.2) is 0 Å². The second-order valence-corrected chi connectivity index (χ2v) is 6.67. The third-order valence-corrected chi connectivity index (χ3v) is 4.84. The van der Waals surface area contributed by atoms with Gasteiger partial charge in [-0.3, -0.25) is 4.79 Å². The van der Waals surface area contributed by atoms with Gasteiger partial charge in [-0.25, -0.2) is 9.67 Å². The summed E-state index contributed by atoms with van der Waals surface area (Å²) in [5.41, 5.74) is 0.910. The molecule has 1 aliphatic rings. The molecular weight excluding hydrogens is 316 g/mol. The Morgan fingerprint density at radius 3 is 2.56 bits per heavy atom. The number of nitrogens with zero attached hydrogens (tertiary/aromatic N) is 3. The Morgan fingerprint density at radius 1 is 1.28 bits per heavy atom. The van der Waals surface area contributed by atoms with Crippen molar-refractivity contribution in [3.05, 3.63) is 42.0 Å². The first-order valence-corrected chi connectivity index (χ1v) is 9.12. The Hall–Kier alpha value is -2.21. The topological polar surface area (TPSA) is 80.0 Å². The van der Waals surface area contributed by atoms with E-state index in [4.69, 9.17) is 0 Å². The van der Waals surface area contributed by atoms with E-state index in [1.54, 1.807) is 4.68 Å². The predicted molar refractivity (Wildman–Crippen MR) is 95.7 cm³/mol. The van der Waals surface area contributed by atoms with Crippen LogP contribution in [-0.4, -0.2) is 38.4 Å². The lowest BCUT2D eigenvalue weighted by Gasteiger charge is -2.19. The maximum Gasteiger partial charge on any atom is 0.291 e. The minimum atomic E-state index is -0.543. The van der Waals surface area contributed by atoms with Crippen LogP contribution in [0.1, 0.15) is 61.9 Å². The molecule has 6 nitrogen and oxygen atoms in total. The molecule has 0 saturated heterocycles. The van der Waals surface area contributed by atoms with Crippen molar-refractivity contribution in [2.24, 2.45) is 5.92 Å². The summed E-state index contributed by atoms with van der Waals surface area (Å²) in [5, 5.41) is 17.4. The average Bonchev–Trinajstić information content (AvgIpc) is 3.39. The van der Waals surface area contributed by atoms with Gasteiger partial charge in [0.2, 0.25) is 5.82 Å². The van der Waals surface area contributed by atoms with E-state index in [2.05, 4.69) is 15.4 Å². The summed E-state index contributed by atoms with van der Waals surface area (Å²) in [5.74, 6) is 1.25. The van der Waals surface area contributed by atoms with E-state index in [0.717, 1.165) is 37.2 Å². The summed E-state index contributed by atoms with van der Waals surface area (Å²) in [4.78, 5) is 16.9. The van der Waals surface area contributed by atoms with Crippen molar-refractivity contribution in [3.63, 3.8) is 0 Å². The molecule has 3 rings (SSSR count). The molecule has 6 heteroatoms. The molecule has 1 saturated carbocycles. The predicted octanol–water partition coefficient (Wildman–Crippen LogP) is 2.67. The molecule has 1 fully saturated rings. The summed E-state index contributed by atoms with van der Waals surface area (Å²) in [7, 11) is 0. The third kappa shape index (κ3) is 4.07. The third-order valence-electron chi connectivity index (χ3n) is 4.84. The van der Waals surface area contributed by atoms with E-state index in [0.29, 0.717) is 5.92 Å². The van der Waals surface area contributed by atoms with Crippen LogP contribution in [0.15, 0.2) is 30.3 Å². The lowest BCUT2D eigenvalue weighted by Crippen LogP contribution is -2.36. The van der Waals surface area contributed by atoms with Crippen LogP contribution in [0.2, 0.25) is 0 Å². The first kappa shape index (κ1) is 17.6. The van der Waals surface area contributed by atoms with E-state index in [-0.39, 0.29) is 24.2 Å². The fraction of sp³-hybridized carbons (Fsp3) is 0.526. The minimum absolute atomic E-state index is 0.169. The molecule has 1 aliphatic carbocycles. The first-order chi connectivity index (χ1) is 12.1. The maximum absolute atomic E-state index is 12.4. The molecule has 1 heterocycles. The summed E-state index contributed by atoms with van der Waals surface area (Å²) in [6.07, 6.45) is 3.40. The highest BCUT2D eigenvalue weighted by Crippen LogP contribution is 2.39. The normalized spacial score (nSPS) is 15.4. The van der Waals surface area contributed by atoms with Crippen LogP contribution in [0.3, 0.4) is 0 Å². The first-order valence-electron chi connectivity index (χ1n) is 9.12. The number of aromatic nitrogens is 3. The number of carbonyl (C=O) groups excluding carboxylic acids is 1. The lowest BCUT2D eigenvalue weighted by atomic mass is 9.96. The van der Waals surface area contributed by atoms with E-state index >= 15 is 0 Å². The van der Waals surface area contributed by atoms with Crippen LogP contribution in [0.4, 0.5) is 0 Å². The number of aliphatic hydroxyl groups is 1. The summed E-state index contributed by atoms with van der Waals surface area (Å²) < 4.78 is 1.77. The van der Waals surface area contributed by atoms with Gasteiger partial charge in [0.25, 0.3) is 5.91 Å². The molecule has 1 aromatic heterocycles. The summed E-state index contributed by atoms with van der Waals surface area (Å²) in [6, 6.07) is 9.75. The van der Waals surface area contributed by atoms with Gasteiger partial charge in [-0.05, 0) is 30.9 Å². The number of hydrogen-bond acceptors (Lipinski definition) is 4. The monoisotopic (exact) mass is 342 g/mol. The van der Waals surface area contributed by atoms with Crippen LogP contribution in [0, 0.1) is 5.92 Å². The van der Waals surface area contributed by atoms with E-state index < -0.39 is 6.10 Å². The van der Waals surface area contributed by atoms with E-state index in [1.807, 2.05) is 44.2 Å². The molecule has 2 N–H and O–H groups in total. The van der Waals surface area contributed by atoms with Gasteiger partial charge in [-0.2, -0.15) is 0 Å². The molecule has 0 radical (unpaired) electrons. The zero-order valence-corrected chi connectivity index (χ0v) is 14.9. The number of para-hydroxylation sites is 1. The molecule has 0 bridgehead atoms. The van der Waals surface area contributed by atoms with Crippen molar-refractivity contribution in [3.8, 4) is 5.69 Å². The summed E-state index contributed by atoms with van der Waals surface area (Å²) in [6.45, 7) is 4.32. The highest BCUT2D eigenvalue weighted by atomic mass is 16.3. The second kappa shape index (κ2) is 7.78. The fourth-order valence-corrected chi connectivity index (χ4v) is 3.06. The Bertz CT molecular complexity index is 705. The van der Waals surface area contributed by atoms with Crippen LogP contribution >= 0.6 is 0 Å². The second-order valence-electron chi connectivity index (χ2n) is 6.67. The maximum atomic E-state index is 12.4. The van der Waals surface area contributed by atoms with Crippen LogP contribution in [0.25, 0.3) is 5.69 Å². The van der Waals surface area contributed by atoms with Crippen molar-refractivity contribution in [1.29, 1.82) is 0 Å². The number of amides is 1. The quantitative estimate of drug-likeness (QED) is 0.773. The molecule has 1 unspecified atom stereocenters. The highest BCUT2D eigenvalue weighted by Gasteiger charge is 2.31. The fourth-order valence-electron chi connectivity index (χ4n) is 3.06. The van der Waals surface area contributed by atoms with Crippen molar-refractivity contribution in [1.82, 2.24) is 20.1 Å². The van der Waals surface area contributed by atoms with Gasteiger partial charge < -0.3 is 10.4 Å². The van der Waals surface area contributed by atoms with E-state index in [9.17, 15) is 9.90 Å². The van der Waals surface area contributed by atoms with Crippen molar-refractivity contribution in [2.75, 3.05) is 6.54 Å². The number of benzene rings is 1. The molecule has 1 amide bonds. The molecule has 25 heavy (non-hydrogen) atoms. The number of nitrogens with one attached hydrogen (secondary N) is 1. The van der Waals surface area contributed by atoms with E-state index in [1.165, 1.54) is 0 Å². The van der Waals surface area contributed by atoms with Gasteiger partial charge in [0, 0.05) is 12.5 Å². The highest BCUT2D eigenvalue weighted by molar-refractivity contribution is 5.90. The van der Waals surface area contributed by atoms with Crippen molar-refractivity contribution in [2.45, 2.75) is 51.6 Å². The minimum Gasteiger partial charge on any atom is -0.391 e. The van der Waals surface area contributed by atoms with Gasteiger partial charge >= 0.3 is 0 Å². The standard InChI is InChI=1S/C19H26N4O2/c1-3-13(4-2)16(24)12-20-19(25)17-21-18(14-10-11-14)23(22-17)15-8-6-5-7-9-15/h5-9,13-14,16,24H,3-4,10-12H2,1-2H3,(H,20,25). The SMILES string of the molecule is CCC(CC)C(O)CNC(=O)c1nc(C2CC2)n(-c2ccccc2)n1. The van der Waals surface area contributed by atoms with Crippen LogP contribution in [-0.2, 0) is 0 Å². The zero-order chi connectivity index (χ0) is 17.8. The number of aliphatic hydroxyl groups excluding tert-OH is 1. The lowest BCUT2D eigenvalue weighted by molar-refractivity contribution is 0.0809. The smallest absolute Gasteiger partial charge is 0.291 e. The molecule has 0 aliphatic heterocycles. The van der Waals surface area contributed by atoms with Gasteiger partial charge in [0.05, 0.1) is 11.8 Å². The number of rotatable bonds is 8. The average molecular weight is 342 g/mol. The van der Waals surface area contributed by atoms with Gasteiger partial charge in [-0.1, -0.05) is 44.9 Å². The van der Waals surface area contributed by atoms with Crippen molar-refractivity contribution >= 4 is 5.91 Å². The Kier molecular flexibility index (Phi) is 5.48. The molecule has 1 atom stereocenters. The number of hydrogen-bond donors (Lipinski definition) is 2. The molecule has 1 aromatic carbocycles. The van der Waals surface area contributed by atoms with Gasteiger partial charge in [-0.15, -0.1) is 5.10 Å². The molecule has 2 aromatic rings. The van der Waals surface area contributed by atoms with Crippen LogP contribution < -0.4 is 5.32 Å². The zero-order valence-electron chi connectivity index (χ0n) is 14.9. The molecular formula is C19H26N4O2. The number of carbonyl (C=O) groups is 1. The Balaban J connectivity index is 1.73. The largest absolute Gasteiger partial charge is 0.391 e. The Labute approximate surface area is 148 Å². The summed E-state index contributed by atoms with van der Waals surface area (Å²) >= 11 is 0. The van der Waals surface area contributed by atoms with Gasteiger partial charge in [0.1, 0.15) is 5.82 Å².